The summed E-state index contributed by atoms with van der Waals surface area (Å²) in [5.74, 6) is 0.784. The first kappa shape index (κ1) is 44.6. The van der Waals surface area contributed by atoms with Crippen LogP contribution in [0.1, 0.15) is 24.5 Å². The smallest absolute Gasteiger partial charge is 0.378 e. The fourth-order valence-corrected chi connectivity index (χ4v) is 10.0. The van der Waals surface area contributed by atoms with Crippen molar-refractivity contribution in [3.63, 3.8) is 0 Å². The summed E-state index contributed by atoms with van der Waals surface area (Å²) in [4.78, 5) is 27.6. The van der Waals surface area contributed by atoms with E-state index < -0.39 is 26.7 Å². The largest absolute Gasteiger partial charge is 0.416 e. The van der Waals surface area contributed by atoms with Crippen LogP contribution in [0.4, 0.5) is 41.7 Å². The number of aromatic nitrogens is 2. The SMILES string of the molecule is C[C@H](CCSc1ccc(N2CCOCC2)cc1)Nc1ccc(S(=O)(=O)Nc2ncnc3cc(N4CCN(Cc5cc(C(F)(F)F)ccc5-c5ccccc5)CC4)ccc23)cc1[N+](=O)[O-]. The number of hydrogen-bond acceptors (Lipinski definition) is 12. The normalized spacial score (nSPS) is 15.6. The molecule has 64 heavy (non-hydrogen) atoms. The van der Waals surface area contributed by atoms with Crippen LogP contribution in [0.3, 0.4) is 0 Å². The number of nitro groups is 1. The molecule has 0 amide bonds. The molecule has 2 fully saturated rings. The van der Waals surface area contributed by atoms with Crippen LogP contribution in [-0.4, -0.2) is 92.5 Å². The van der Waals surface area contributed by atoms with Gasteiger partial charge in [0, 0.05) is 79.6 Å². The summed E-state index contributed by atoms with van der Waals surface area (Å²) >= 11 is 1.70. The Hall–Kier alpha value is -5.95. The lowest BCUT2D eigenvalue weighted by atomic mass is 9.96. The van der Waals surface area contributed by atoms with Crippen molar-refractivity contribution >= 4 is 61.3 Å². The predicted molar refractivity (Wildman–Crippen MR) is 246 cm³/mol. The predicted octanol–water partition coefficient (Wildman–Crippen LogP) is 9.17. The first-order valence-electron chi connectivity index (χ1n) is 20.9. The summed E-state index contributed by atoms with van der Waals surface area (Å²) in [6.45, 7) is 7.85. The van der Waals surface area contributed by atoms with E-state index in [1.165, 1.54) is 24.5 Å². The molecule has 0 unspecified atom stereocenters. The van der Waals surface area contributed by atoms with E-state index >= 15 is 0 Å². The van der Waals surface area contributed by atoms with Gasteiger partial charge in [0.1, 0.15) is 12.0 Å². The summed E-state index contributed by atoms with van der Waals surface area (Å²) in [5.41, 5.74) is 3.86. The topological polar surface area (TPSA) is 146 Å². The van der Waals surface area contributed by atoms with Crippen LogP contribution in [0.25, 0.3) is 22.0 Å². The number of alkyl halides is 3. The van der Waals surface area contributed by atoms with E-state index in [2.05, 4.69) is 59.0 Å². The minimum atomic E-state index is -4.45. The van der Waals surface area contributed by atoms with Gasteiger partial charge in [0.05, 0.1) is 34.1 Å². The number of anilines is 4. The third-order valence-corrected chi connectivity index (χ3v) is 13.8. The summed E-state index contributed by atoms with van der Waals surface area (Å²) in [6.07, 6.45) is -2.51. The molecule has 2 aliphatic rings. The number of ether oxygens (including phenoxy) is 1. The highest BCUT2D eigenvalue weighted by atomic mass is 32.2. The molecule has 2 N–H and O–H groups in total. The van der Waals surface area contributed by atoms with Gasteiger partial charge in [-0.1, -0.05) is 36.4 Å². The standard InChI is InChI=1S/C46H47F3N8O5S2/c1-32(17-26-63-38-11-8-36(9-12-38)56-22-24-62-25-23-56)52-42-16-13-39(29-44(42)57(58)59)64(60,61)53-45-41-15-10-37(28-43(41)50-31-51-45)55-20-18-54(19-21-55)30-34-27-35(46(47,48)49)7-14-40(34)33-5-3-2-4-6-33/h2-16,27-29,31-32,52H,17-26,30H2,1H3,(H,50,51,53)/t32-/m1/s1. The van der Waals surface area contributed by atoms with Crippen molar-refractivity contribution in [1.82, 2.24) is 14.9 Å². The minimum absolute atomic E-state index is 0.0170. The Labute approximate surface area is 373 Å². The lowest BCUT2D eigenvalue weighted by Crippen LogP contribution is -2.46. The van der Waals surface area contributed by atoms with E-state index in [1.54, 1.807) is 23.9 Å². The maximum Gasteiger partial charge on any atom is 0.416 e. The molecule has 0 radical (unpaired) electrons. The molecule has 6 aromatic rings. The van der Waals surface area contributed by atoms with Crippen molar-refractivity contribution in [3.8, 4) is 11.1 Å². The number of sulfonamides is 1. The van der Waals surface area contributed by atoms with E-state index in [9.17, 15) is 31.7 Å². The van der Waals surface area contributed by atoms with Gasteiger partial charge >= 0.3 is 6.18 Å². The summed E-state index contributed by atoms with van der Waals surface area (Å²) < 4.78 is 76.5. The van der Waals surface area contributed by atoms with Crippen LogP contribution in [0.2, 0.25) is 0 Å². The van der Waals surface area contributed by atoms with Crippen molar-refractivity contribution in [2.24, 2.45) is 0 Å². The molecule has 3 heterocycles. The van der Waals surface area contributed by atoms with Crippen molar-refractivity contribution in [1.29, 1.82) is 0 Å². The van der Waals surface area contributed by atoms with Gasteiger partial charge in [-0.15, -0.1) is 11.8 Å². The van der Waals surface area contributed by atoms with Gasteiger partial charge in [0.2, 0.25) is 0 Å². The minimum Gasteiger partial charge on any atom is -0.378 e. The number of halogens is 3. The molecular weight excluding hydrogens is 866 g/mol. The number of fused-ring (bicyclic) bond motifs is 1. The molecule has 0 spiro atoms. The van der Waals surface area contributed by atoms with E-state index in [1.807, 2.05) is 49.4 Å². The molecule has 0 bridgehead atoms. The number of nitrogens with one attached hydrogen (secondary N) is 2. The molecular formula is C46H47F3N8O5S2. The highest BCUT2D eigenvalue weighted by Gasteiger charge is 2.32. The van der Waals surface area contributed by atoms with Crippen molar-refractivity contribution < 1.29 is 31.2 Å². The molecule has 334 valence electrons. The number of nitro benzene ring substituents is 1. The van der Waals surface area contributed by atoms with E-state index in [0.29, 0.717) is 55.6 Å². The molecule has 2 aliphatic heterocycles. The highest BCUT2D eigenvalue weighted by Crippen LogP contribution is 2.35. The molecule has 1 atom stereocenters. The van der Waals surface area contributed by atoms with Crippen LogP contribution in [0.5, 0.6) is 0 Å². The van der Waals surface area contributed by atoms with Gasteiger partial charge in [-0.25, -0.2) is 18.4 Å². The van der Waals surface area contributed by atoms with E-state index in [4.69, 9.17) is 4.74 Å². The number of thioether (sulfide) groups is 1. The average molecular weight is 913 g/mol. The van der Waals surface area contributed by atoms with Crippen molar-refractivity contribution in [2.45, 2.75) is 41.9 Å². The molecule has 0 saturated carbocycles. The number of rotatable bonds is 15. The second-order valence-electron chi connectivity index (χ2n) is 15.7. The number of hydrogen-bond donors (Lipinski definition) is 2. The molecule has 0 aliphatic carbocycles. The lowest BCUT2D eigenvalue weighted by molar-refractivity contribution is -0.384. The Morgan fingerprint density at radius 1 is 0.844 bits per heavy atom. The quantitative estimate of drug-likeness (QED) is 0.0576. The number of morpholine rings is 1. The second-order valence-corrected chi connectivity index (χ2v) is 18.6. The van der Waals surface area contributed by atoms with Crippen LogP contribution >= 0.6 is 11.8 Å². The maximum absolute atomic E-state index is 13.7. The van der Waals surface area contributed by atoms with Crippen LogP contribution in [0, 0.1) is 10.1 Å². The second kappa shape index (κ2) is 19.4. The lowest BCUT2D eigenvalue weighted by Gasteiger charge is -2.36. The van der Waals surface area contributed by atoms with Gasteiger partial charge in [-0.3, -0.25) is 19.7 Å². The van der Waals surface area contributed by atoms with Gasteiger partial charge in [-0.05, 0) is 103 Å². The molecule has 8 rings (SSSR count). The first-order valence-corrected chi connectivity index (χ1v) is 23.4. The zero-order valence-corrected chi connectivity index (χ0v) is 36.6. The van der Waals surface area contributed by atoms with Gasteiger partial charge < -0.3 is 19.9 Å². The zero-order chi connectivity index (χ0) is 44.8. The number of benzene rings is 5. The Balaban J connectivity index is 0.886. The Morgan fingerprint density at radius 3 is 2.28 bits per heavy atom. The summed E-state index contributed by atoms with van der Waals surface area (Å²) in [7, 11) is -4.32. The van der Waals surface area contributed by atoms with Gasteiger partial charge in [0.25, 0.3) is 15.7 Å². The Kier molecular flexibility index (Phi) is 13.6. The summed E-state index contributed by atoms with van der Waals surface area (Å²) in [6, 6.07) is 30.7. The molecule has 5 aromatic carbocycles. The summed E-state index contributed by atoms with van der Waals surface area (Å²) in [5, 5.41) is 15.8. The molecule has 2 saturated heterocycles. The van der Waals surface area contributed by atoms with Crippen LogP contribution in [0.15, 0.2) is 125 Å². The van der Waals surface area contributed by atoms with E-state index in [-0.39, 0.29) is 28.1 Å². The molecule has 18 heteroatoms. The average Bonchev–Trinajstić information content (AvgIpc) is 3.29. The zero-order valence-electron chi connectivity index (χ0n) is 35.0. The number of nitrogens with zero attached hydrogens (tertiary/aromatic N) is 6. The third-order valence-electron chi connectivity index (χ3n) is 11.4. The highest BCUT2D eigenvalue weighted by molar-refractivity contribution is 7.99. The first-order chi connectivity index (χ1) is 30.8. The van der Waals surface area contributed by atoms with Crippen molar-refractivity contribution in [3.05, 3.63) is 137 Å². The maximum atomic E-state index is 13.7. The Morgan fingerprint density at radius 2 is 1.56 bits per heavy atom. The van der Waals surface area contributed by atoms with Gasteiger partial charge in [-0.2, -0.15) is 13.2 Å². The van der Waals surface area contributed by atoms with E-state index in [0.717, 1.165) is 71.6 Å². The van der Waals surface area contributed by atoms with Gasteiger partial charge in [0.15, 0.2) is 5.82 Å². The number of piperazine rings is 1. The fraction of sp³-hybridized carbons (Fsp3) is 0.304. The third kappa shape index (κ3) is 10.7. The monoisotopic (exact) mass is 912 g/mol. The molecule has 1 aromatic heterocycles. The fourth-order valence-electron chi connectivity index (χ4n) is 7.93. The molecule has 13 nitrogen and oxygen atoms in total. The Bertz CT molecular complexity index is 2700. The van der Waals surface area contributed by atoms with Crippen LogP contribution < -0.4 is 19.8 Å². The van der Waals surface area contributed by atoms with Crippen molar-refractivity contribution in [2.75, 3.05) is 78.1 Å². The van der Waals surface area contributed by atoms with Crippen LogP contribution in [-0.2, 0) is 27.5 Å².